The molecule has 0 unspecified atom stereocenters. The van der Waals surface area contributed by atoms with Crippen molar-refractivity contribution >= 4 is 5.84 Å². The number of hydrogen-bond acceptors (Lipinski definition) is 5. The molecule has 1 aromatic rings. The number of oxime groups is 1. The van der Waals surface area contributed by atoms with Gasteiger partial charge in [-0.1, -0.05) is 11.2 Å². The fourth-order valence-corrected chi connectivity index (χ4v) is 2.39. The van der Waals surface area contributed by atoms with Crippen LogP contribution < -0.4 is 5.73 Å². The van der Waals surface area contributed by atoms with E-state index in [-0.39, 0.29) is 5.84 Å². The Bertz CT molecular complexity index is 442. The van der Waals surface area contributed by atoms with Gasteiger partial charge in [-0.05, 0) is 24.5 Å². The van der Waals surface area contributed by atoms with Crippen molar-refractivity contribution in [2.24, 2.45) is 10.9 Å². The van der Waals surface area contributed by atoms with E-state index in [4.69, 9.17) is 15.7 Å². The SMILES string of the molecule is COC1CCN(Cc2cccnc2C(N)=NO)CC1. The maximum absolute atomic E-state index is 8.78. The molecule has 1 aliphatic heterocycles. The molecule has 3 N–H and O–H groups in total. The first-order valence-corrected chi connectivity index (χ1v) is 6.41. The standard InChI is InChI=1S/C13H20N4O2/c1-19-11-4-7-17(8-5-11)9-10-3-2-6-15-12(10)13(14)16-18/h2-3,6,11,18H,4-5,7-9H2,1H3,(H2,14,16). The van der Waals surface area contributed by atoms with E-state index in [1.807, 2.05) is 12.1 Å². The average Bonchev–Trinajstić information content (AvgIpc) is 2.48. The molecule has 6 nitrogen and oxygen atoms in total. The molecule has 2 rings (SSSR count). The lowest BCUT2D eigenvalue weighted by molar-refractivity contribution is 0.0388. The number of nitrogens with two attached hydrogens (primary N) is 1. The van der Waals surface area contributed by atoms with Gasteiger partial charge in [-0.25, -0.2) is 0 Å². The molecule has 104 valence electrons. The summed E-state index contributed by atoms with van der Waals surface area (Å²) in [4.78, 5) is 6.51. The lowest BCUT2D eigenvalue weighted by Gasteiger charge is -2.31. The Hall–Kier alpha value is -1.66. The molecule has 0 saturated carbocycles. The third-order valence-corrected chi connectivity index (χ3v) is 3.50. The second-order valence-electron chi connectivity index (χ2n) is 4.71. The van der Waals surface area contributed by atoms with Crippen LogP contribution >= 0.6 is 0 Å². The Balaban J connectivity index is 2.04. The summed E-state index contributed by atoms with van der Waals surface area (Å²) in [6, 6.07) is 3.83. The second kappa shape index (κ2) is 6.49. The molecule has 0 amide bonds. The van der Waals surface area contributed by atoms with Crippen molar-refractivity contribution in [1.29, 1.82) is 0 Å². The Morgan fingerprint density at radius 1 is 1.58 bits per heavy atom. The minimum Gasteiger partial charge on any atom is -0.409 e. The fraction of sp³-hybridized carbons (Fsp3) is 0.538. The van der Waals surface area contributed by atoms with Gasteiger partial charge in [0.15, 0.2) is 5.84 Å². The predicted octanol–water partition coefficient (Wildman–Crippen LogP) is 0.787. The summed E-state index contributed by atoms with van der Waals surface area (Å²) in [5, 5.41) is 11.8. The van der Waals surface area contributed by atoms with Gasteiger partial charge in [-0.15, -0.1) is 0 Å². The third-order valence-electron chi connectivity index (χ3n) is 3.50. The van der Waals surface area contributed by atoms with Gasteiger partial charge >= 0.3 is 0 Å². The molecule has 19 heavy (non-hydrogen) atoms. The van der Waals surface area contributed by atoms with Gasteiger partial charge in [-0.2, -0.15) is 0 Å². The van der Waals surface area contributed by atoms with Crippen LogP contribution in [-0.2, 0) is 11.3 Å². The number of likely N-dealkylation sites (tertiary alicyclic amines) is 1. The molecule has 0 atom stereocenters. The van der Waals surface area contributed by atoms with Crippen LogP contribution in [0.4, 0.5) is 0 Å². The van der Waals surface area contributed by atoms with Gasteiger partial charge < -0.3 is 15.7 Å². The highest BCUT2D eigenvalue weighted by Crippen LogP contribution is 2.16. The summed E-state index contributed by atoms with van der Waals surface area (Å²) in [6.45, 7) is 2.74. The Kier molecular flexibility index (Phi) is 4.70. The van der Waals surface area contributed by atoms with Crippen LogP contribution in [0.25, 0.3) is 0 Å². The first kappa shape index (κ1) is 13.8. The molecule has 0 bridgehead atoms. The van der Waals surface area contributed by atoms with E-state index in [2.05, 4.69) is 15.0 Å². The third kappa shape index (κ3) is 3.42. The molecule has 0 aromatic carbocycles. The summed E-state index contributed by atoms with van der Waals surface area (Å²) in [6.07, 6.45) is 4.09. The first-order chi connectivity index (χ1) is 9.24. The van der Waals surface area contributed by atoms with Gasteiger partial charge in [0.2, 0.25) is 0 Å². The van der Waals surface area contributed by atoms with Crippen LogP contribution in [-0.4, -0.2) is 47.2 Å². The number of nitrogens with zero attached hydrogens (tertiary/aromatic N) is 3. The monoisotopic (exact) mass is 264 g/mol. The predicted molar refractivity (Wildman–Crippen MR) is 72.1 cm³/mol. The Labute approximate surface area is 112 Å². The van der Waals surface area contributed by atoms with Crippen LogP contribution in [0.3, 0.4) is 0 Å². The zero-order valence-electron chi connectivity index (χ0n) is 11.1. The zero-order valence-corrected chi connectivity index (χ0v) is 11.1. The van der Waals surface area contributed by atoms with Gasteiger partial charge in [0, 0.05) is 32.9 Å². The average molecular weight is 264 g/mol. The highest BCUT2D eigenvalue weighted by Gasteiger charge is 2.20. The molecule has 1 aromatic heterocycles. The van der Waals surface area contributed by atoms with Crippen molar-refractivity contribution in [3.8, 4) is 0 Å². The number of pyridine rings is 1. The van der Waals surface area contributed by atoms with Gasteiger partial charge in [0.05, 0.1) is 6.10 Å². The largest absolute Gasteiger partial charge is 0.409 e. The van der Waals surface area contributed by atoms with Crippen molar-refractivity contribution in [2.75, 3.05) is 20.2 Å². The van der Waals surface area contributed by atoms with E-state index in [1.54, 1.807) is 13.3 Å². The van der Waals surface area contributed by atoms with Crippen molar-refractivity contribution in [2.45, 2.75) is 25.5 Å². The fourth-order valence-electron chi connectivity index (χ4n) is 2.39. The van der Waals surface area contributed by atoms with Crippen molar-refractivity contribution in [1.82, 2.24) is 9.88 Å². The summed E-state index contributed by atoms with van der Waals surface area (Å²) in [5.41, 5.74) is 7.18. The summed E-state index contributed by atoms with van der Waals surface area (Å²) >= 11 is 0. The van der Waals surface area contributed by atoms with Crippen LogP contribution in [0.1, 0.15) is 24.1 Å². The van der Waals surface area contributed by atoms with E-state index < -0.39 is 0 Å². The summed E-state index contributed by atoms with van der Waals surface area (Å²) in [5.74, 6) is 0.0578. The quantitative estimate of drug-likeness (QED) is 0.363. The number of rotatable bonds is 4. The van der Waals surface area contributed by atoms with E-state index in [0.29, 0.717) is 11.8 Å². The number of methoxy groups -OCH3 is 1. The number of piperidine rings is 1. The molecular formula is C13H20N4O2. The molecular weight excluding hydrogens is 244 g/mol. The smallest absolute Gasteiger partial charge is 0.189 e. The van der Waals surface area contributed by atoms with Crippen LogP contribution in [0.2, 0.25) is 0 Å². The summed E-state index contributed by atoms with van der Waals surface area (Å²) in [7, 11) is 1.76. The first-order valence-electron chi connectivity index (χ1n) is 6.41. The Morgan fingerprint density at radius 2 is 2.32 bits per heavy atom. The lowest BCUT2D eigenvalue weighted by atomic mass is 10.1. The zero-order chi connectivity index (χ0) is 13.7. The minimum absolute atomic E-state index is 0.0578. The molecule has 0 spiro atoms. The highest BCUT2D eigenvalue weighted by atomic mass is 16.5. The van der Waals surface area contributed by atoms with Gasteiger partial charge in [-0.3, -0.25) is 9.88 Å². The highest BCUT2D eigenvalue weighted by molar-refractivity contribution is 5.96. The maximum atomic E-state index is 8.78. The molecule has 6 heteroatoms. The summed E-state index contributed by atoms with van der Waals surface area (Å²) < 4.78 is 5.36. The van der Waals surface area contributed by atoms with Crippen LogP contribution in [0.5, 0.6) is 0 Å². The van der Waals surface area contributed by atoms with E-state index in [0.717, 1.165) is 38.0 Å². The minimum atomic E-state index is 0.0578. The maximum Gasteiger partial charge on any atom is 0.189 e. The normalized spacial score (nSPS) is 18.7. The lowest BCUT2D eigenvalue weighted by Crippen LogP contribution is -2.36. The number of ether oxygens (including phenoxy) is 1. The topological polar surface area (TPSA) is 84.0 Å². The number of aromatic nitrogens is 1. The molecule has 1 saturated heterocycles. The molecule has 0 radical (unpaired) electrons. The van der Waals surface area contributed by atoms with E-state index >= 15 is 0 Å². The van der Waals surface area contributed by atoms with Gasteiger partial charge in [0.25, 0.3) is 0 Å². The number of amidine groups is 1. The van der Waals surface area contributed by atoms with Crippen molar-refractivity contribution in [3.05, 3.63) is 29.6 Å². The molecule has 0 aliphatic carbocycles. The molecule has 1 fully saturated rings. The number of hydrogen-bond donors (Lipinski definition) is 2. The van der Waals surface area contributed by atoms with Gasteiger partial charge in [0.1, 0.15) is 5.69 Å². The van der Waals surface area contributed by atoms with E-state index in [1.165, 1.54) is 0 Å². The second-order valence-corrected chi connectivity index (χ2v) is 4.71. The molecule has 1 aliphatic rings. The molecule has 2 heterocycles. The Morgan fingerprint density at radius 3 is 2.95 bits per heavy atom. The van der Waals surface area contributed by atoms with E-state index in [9.17, 15) is 0 Å². The van der Waals surface area contributed by atoms with Crippen LogP contribution in [0.15, 0.2) is 23.5 Å². The van der Waals surface area contributed by atoms with Crippen LogP contribution in [0, 0.1) is 0 Å². The van der Waals surface area contributed by atoms with Crippen molar-refractivity contribution < 1.29 is 9.94 Å². The van der Waals surface area contributed by atoms with Crippen molar-refractivity contribution in [3.63, 3.8) is 0 Å².